The molecule has 0 aliphatic rings. The molecular formula is C13H20ClN7O3. The summed E-state index contributed by atoms with van der Waals surface area (Å²) < 4.78 is 4.59. The summed E-state index contributed by atoms with van der Waals surface area (Å²) in [4.78, 5) is 33.1. The van der Waals surface area contributed by atoms with Gasteiger partial charge in [-0.1, -0.05) is 11.6 Å². The van der Waals surface area contributed by atoms with Crippen LogP contribution in [0.1, 0.15) is 31.3 Å². The van der Waals surface area contributed by atoms with E-state index in [4.69, 9.17) is 22.7 Å². The molecule has 10 nitrogen and oxygen atoms in total. The number of anilines is 2. The quantitative estimate of drug-likeness (QED) is 0.453. The highest BCUT2D eigenvalue weighted by molar-refractivity contribution is 6.32. The third-order valence-corrected chi connectivity index (χ3v) is 3.14. The molecule has 0 unspecified atom stereocenters. The number of nitrogens with two attached hydrogens (primary N) is 1. The van der Waals surface area contributed by atoms with Gasteiger partial charge in [-0.3, -0.25) is 20.8 Å². The van der Waals surface area contributed by atoms with Crippen molar-refractivity contribution in [3.8, 4) is 0 Å². The van der Waals surface area contributed by atoms with Crippen molar-refractivity contribution in [1.82, 2.24) is 20.6 Å². The fourth-order valence-electron chi connectivity index (χ4n) is 1.78. The standard InChI is InChI=1S/C13H20ClN7O3/c1-4-21(5-2)10-8(14)17-7(9(15)18-10)11(22)19-12(16)20-13(23)24-6-3/h4-6H2,1-3H3,(H2,15,18)(H3,16,19,20,22,23). The number of nitrogen functional groups attached to an aromatic ring is 1. The van der Waals surface area contributed by atoms with Gasteiger partial charge < -0.3 is 15.4 Å². The van der Waals surface area contributed by atoms with Crippen LogP contribution in [0.2, 0.25) is 5.15 Å². The van der Waals surface area contributed by atoms with Crippen LogP contribution < -0.4 is 21.3 Å². The maximum absolute atomic E-state index is 12.1. The Morgan fingerprint density at radius 2 is 1.88 bits per heavy atom. The van der Waals surface area contributed by atoms with Crippen molar-refractivity contribution >= 4 is 41.2 Å². The third kappa shape index (κ3) is 4.95. The van der Waals surface area contributed by atoms with Crippen molar-refractivity contribution in [1.29, 1.82) is 5.41 Å². The summed E-state index contributed by atoms with van der Waals surface area (Å²) in [6, 6.07) is 0. The number of guanidine groups is 1. The fraction of sp³-hybridized carbons (Fsp3) is 0.462. The smallest absolute Gasteiger partial charge is 0.413 e. The van der Waals surface area contributed by atoms with Crippen LogP contribution in [0.5, 0.6) is 0 Å². The van der Waals surface area contributed by atoms with Crippen LogP contribution in [0.3, 0.4) is 0 Å². The molecule has 24 heavy (non-hydrogen) atoms. The zero-order valence-corrected chi connectivity index (χ0v) is 14.4. The Morgan fingerprint density at radius 3 is 2.42 bits per heavy atom. The lowest BCUT2D eigenvalue weighted by molar-refractivity contribution is 0.0971. The van der Waals surface area contributed by atoms with Crippen molar-refractivity contribution in [2.24, 2.45) is 0 Å². The monoisotopic (exact) mass is 357 g/mol. The van der Waals surface area contributed by atoms with Crippen LogP contribution >= 0.6 is 11.6 Å². The zero-order chi connectivity index (χ0) is 18.3. The molecule has 1 aromatic rings. The van der Waals surface area contributed by atoms with Gasteiger partial charge in [0.25, 0.3) is 5.91 Å². The third-order valence-electron chi connectivity index (χ3n) is 2.88. The number of nitrogens with one attached hydrogen (secondary N) is 3. The van der Waals surface area contributed by atoms with Gasteiger partial charge in [0.15, 0.2) is 22.5 Å². The molecular weight excluding hydrogens is 338 g/mol. The molecule has 1 rings (SSSR count). The summed E-state index contributed by atoms with van der Waals surface area (Å²) in [5.41, 5.74) is 5.52. The van der Waals surface area contributed by atoms with E-state index >= 15 is 0 Å². The van der Waals surface area contributed by atoms with Gasteiger partial charge in [0, 0.05) is 13.1 Å². The van der Waals surface area contributed by atoms with Gasteiger partial charge in [-0.25, -0.2) is 14.8 Å². The van der Waals surface area contributed by atoms with Crippen molar-refractivity contribution < 1.29 is 14.3 Å². The molecule has 2 amide bonds. The minimum atomic E-state index is -0.864. The summed E-state index contributed by atoms with van der Waals surface area (Å²) in [5, 5.41) is 11.6. The Labute approximate surface area is 144 Å². The molecule has 0 spiro atoms. The topological polar surface area (TPSA) is 146 Å². The first-order chi connectivity index (χ1) is 11.3. The van der Waals surface area contributed by atoms with Gasteiger partial charge in [0.1, 0.15) is 0 Å². The molecule has 5 N–H and O–H groups in total. The normalized spacial score (nSPS) is 10.0. The lowest BCUT2D eigenvalue weighted by atomic mass is 10.3. The number of halogens is 1. The van der Waals surface area contributed by atoms with Gasteiger partial charge in [-0.15, -0.1) is 0 Å². The highest BCUT2D eigenvalue weighted by Crippen LogP contribution is 2.24. The SMILES string of the molecule is CCOC(=O)NC(=N)NC(=O)c1nc(Cl)c(N(CC)CC)nc1N. The average molecular weight is 358 g/mol. The van der Waals surface area contributed by atoms with E-state index in [0.717, 1.165) is 0 Å². The molecule has 0 atom stereocenters. The molecule has 11 heteroatoms. The molecule has 0 aliphatic heterocycles. The van der Waals surface area contributed by atoms with Crippen LogP contribution in [-0.4, -0.2) is 47.6 Å². The van der Waals surface area contributed by atoms with Gasteiger partial charge in [-0.2, -0.15) is 0 Å². The number of hydrogen-bond acceptors (Lipinski definition) is 8. The first kappa shape index (κ1) is 19.4. The first-order valence-electron chi connectivity index (χ1n) is 7.25. The Bertz CT molecular complexity index is 634. The molecule has 1 aromatic heterocycles. The summed E-state index contributed by atoms with van der Waals surface area (Å²) >= 11 is 6.07. The highest BCUT2D eigenvalue weighted by atomic mass is 35.5. The van der Waals surface area contributed by atoms with Crippen LogP contribution in [0.25, 0.3) is 0 Å². The van der Waals surface area contributed by atoms with Crippen molar-refractivity contribution in [2.45, 2.75) is 20.8 Å². The number of alkyl carbamates (subject to hydrolysis) is 1. The predicted molar refractivity (Wildman–Crippen MR) is 90.4 cm³/mol. The van der Waals surface area contributed by atoms with E-state index in [0.29, 0.717) is 18.9 Å². The number of amides is 2. The molecule has 0 saturated carbocycles. The zero-order valence-electron chi connectivity index (χ0n) is 13.6. The second kappa shape index (κ2) is 8.87. The maximum Gasteiger partial charge on any atom is 0.413 e. The number of rotatable bonds is 5. The molecule has 1 heterocycles. The Balaban J connectivity index is 2.90. The van der Waals surface area contributed by atoms with Crippen LogP contribution in [0.15, 0.2) is 0 Å². The molecule has 0 bridgehead atoms. The second-order valence-electron chi connectivity index (χ2n) is 4.42. The van der Waals surface area contributed by atoms with E-state index in [-0.39, 0.29) is 23.3 Å². The largest absolute Gasteiger partial charge is 0.450 e. The van der Waals surface area contributed by atoms with Crippen molar-refractivity contribution in [3.05, 3.63) is 10.8 Å². The number of carbonyl (C=O) groups excluding carboxylic acids is 2. The van der Waals surface area contributed by atoms with Crippen molar-refractivity contribution in [2.75, 3.05) is 30.3 Å². The Hall–Kier alpha value is -2.62. The van der Waals surface area contributed by atoms with E-state index in [2.05, 4.69) is 20.0 Å². The molecule has 0 aliphatic carbocycles. The minimum Gasteiger partial charge on any atom is -0.450 e. The van der Waals surface area contributed by atoms with Gasteiger partial charge in [0.05, 0.1) is 6.61 Å². The van der Waals surface area contributed by atoms with Crippen LogP contribution in [0, 0.1) is 5.41 Å². The summed E-state index contributed by atoms with van der Waals surface area (Å²) in [6.07, 6.45) is -0.864. The van der Waals surface area contributed by atoms with Crippen LogP contribution in [-0.2, 0) is 4.74 Å². The van der Waals surface area contributed by atoms with E-state index in [9.17, 15) is 9.59 Å². The lowest BCUT2D eigenvalue weighted by Gasteiger charge is -2.21. The van der Waals surface area contributed by atoms with Gasteiger partial charge in [0.2, 0.25) is 5.96 Å². The fourth-order valence-corrected chi connectivity index (χ4v) is 2.03. The van der Waals surface area contributed by atoms with Crippen molar-refractivity contribution in [3.63, 3.8) is 0 Å². The second-order valence-corrected chi connectivity index (χ2v) is 4.78. The molecule has 132 valence electrons. The van der Waals surface area contributed by atoms with Crippen LogP contribution in [0.4, 0.5) is 16.4 Å². The number of hydrogen-bond donors (Lipinski definition) is 4. The number of ether oxygens (including phenoxy) is 1. The number of aromatic nitrogens is 2. The molecule has 0 radical (unpaired) electrons. The minimum absolute atomic E-state index is 0.0166. The number of nitrogens with zero attached hydrogens (tertiary/aromatic N) is 3. The highest BCUT2D eigenvalue weighted by Gasteiger charge is 2.20. The average Bonchev–Trinajstić information content (AvgIpc) is 2.51. The summed E-state index contributed by atoms with van der Waals surface area (Å²) in [6.45, 7) is 6.86. The predicted octanol–water partition coefficient (Wildman–Crippen LogP) is 0.969. The summed E-state index contributed by atoms with van der Waals surface area (Å²) in [7, 11) is 0. The first-order valence-corrected chi connectivity index (χ1v) is 7.63. The molecule has 0 fully saturated rings. The van der Waals surface area contributed by atoms with E-state index in [1.165, 1.54) is 0 Å². The van der Waals surface area contributed by atoms with E-state index in [1.807, 2.05) is 24.1 Å². The Morgan fingerprint density at radius 1 is 1.25 bits per heavy atom. The van der Waals surface area contributed by atoms with E-state index in [1.54, 1.807) is 6.92 Å². The van der Waals surface area contributed by atoms with E-state index < -0.39 is 18.0 Å². The summed E-state index contributed by atoms with van der Waals surface area (Å²) in [5.74, 6) is -1.17. The lowest BCUT2D eigenvalue weighted by Crippen LogP contribution is -2.43. The Kier molecular flexibility index (Phi) is 7.18. The molecule has 0 saturated heterocycles. The maximum atomic E-state index is 12.1. The van der Waals surface area contributed by atoms with Gasteiger partial charge >= 0.3 is 6.09 Å². The molecule has 0 aromatic carbocycles. The number of carbonyl (C=O) groups is 2. The van der Waals surface area contributed by atoms with Gasteiger partial charge in [-0.05, 0) is 20.8 Å².